The molecule has 1 atom stereocenters. The maximum absolute atomic E-state index is 11.7. The second-order valence-electron chi connectivity index (χ2n) is 5.62. The third-order valence-electron chi connectivity index (χ3n) is 3.65. The van der Waals surface area contributed by atoms with E-state index in [4.69, 9.17) is 0 Å². The zero-order valence-electron chi connectivity index (χ0n) is 14.5. The molecule has 1 heterocycles. The fourth-order valence-electron chi connectivity index (χ4n) is 2.34. The van der Waals surface area contributed by atoms with Crippen molar-refractivity contribution in [2.75, 3.05) is 20.1 Å². The van der Waals surface area contributed by atoms with Crippen molar-refractivity contribution in [1.29, 1.82) is 0 Å². The van der Waals surface area contributed by atoms with Crippen LogP contribution in [0.5, 0.6) is 0 Å². The lowest BCUT2D eigenvalue weighted by Crippen LogP contribution is -2.44. The lowest BCUT2D eigenvalue weighted by molar-refractivity contribution is -0.137. The van der Waals surface area contributed by atoms with E-state index in [0.717, 1.165) is 4.90 Å². The second kappa shape index (κ2) is 10.2. The fraction of sp³-hybridized carbons (Fsp3) is 0.562. The first-order valence-electron chi connectivity index (χ1n) is 8.14. The van der Waals surface area contributed by atoms with Gasteiger partial charge in [-0.15, -0.1) is 0 Å². The van der Waals surface area contributed by atoms with E-state index in [0.29, 0.717) is 25.8 Å². The van der Waals surface area contributed by atoms with Gasteiger partial charge >= 0.3 is 0 Å². The summed E-state index contributed by atoms with van der Waals surface area (Å²) in [7, 11) is 1.50. The number of rotatable bonds is 10. The average molecular weight is 352 g/mol. The van der Waals surface area contributed by atoms with E-state index in [2.05, 4.69) is 16.0 Å². The predicted octanol–water partition coefficient (Wildman–Crippen LogP) is -1.16. The highest BCUT2D eigenvalue weighted by Gasteiger charge is 2.23. The van der Waals surface area contributed by atoms with Gasteiger partial charge in [-0.2, -0.15) is 0 Å². The van der Waals surface area contributed by atoms with Crippen LogP contribution in [0.1, 0.15) is 32.6 Å². The molecule has 9 nitrogen and oxygen atoms in total. The molecule has 0 unspecified atom stereocenters. The Kier molecular flexibility index (Phi) is 8.31. The van der Waals surface area contributed by atoms with Crippen molar-refractivity contribution in [3.05, 3.63) is 12.2 Å². The van der Waals surface area contributed by atoms with Gasteiger partial charge in [-0.3, -0.25) is 28.9 Å². The summed E-state index contributed by atoms with van der Waals surface area (Å²) in [4.78, 5) is 58.1. The van der Waals surface area contributed by atoms with E-state index in [-0.39, 0.29) is 30.7 Å². The Labute approximate surface area is 146 Å². The molecule has 0 aromatic carbocycles. The molecule has 1 aliphatic rings. The normalized spacial score (nSPS) is 14.4. The molecule has 0 radical (unpaired) electrons. The molecule has 0 aromatic heterocycles. The first kappa shape index (κ1) is 20.3. The minimum atomic E-state index is -0.585. The zero-order valence-corrected chi connectivity index (χ0v) is 14.5. The van der Waals surface area contributed by atoms with Crippen molar-refractivity contribution in [1.82, 2.24) is 20.9 Å². The van der Waals surface area contributed by atoms with Crippen LogP contribution in [0.25, 0.3) is 0 Å². The van der Waals surface area contributed by atoms with Gasteiger partial charge in [-0.1, -0.05) is 0 Å². The smallest absolute Gasteiger partial charge is 0.253 e. The number of carbonyl (C=O) groups is 5. The highest BCUT2D eigenvalue weighted by Crippen LogP contribution is 2.04. The zero-order chi connectivity index (χ0) is 18.8. The SMILES string of the molecule is CNC(=O)[C@H](CCCCNC(=O)CCN1C(=O)C=CC1=O)NC(C)=O. The molecule has 25 heavy (non-hydrogen) atoms. The van der Waals surface area contributed by atoms with E-state index in [9.17, 15) is 24.0 Å². The van der Waals surface area contributed by atoms with E-state index in [1.165, 1.54) is 26.1 Å². The standard InChI is InChI=1S/C16H24N4O5/c1-11(21)19-12(16(25)17-2)5-3-4-9-18-13(22)8-10-20-14(23)6-7-15(20)24/h6-7,12H,3-5,8-10H2,1-2H3,(H,17,25)(H,18,22)(H,19,21)/t12-/m0/s1. The van der Waals surface area contributed by atoms with Crippen LogP contribution in [0.15, 0.2) is 12.2 Å². The van der Waals surface area contributed by atoms with Gasteiger partial charge in [0.2, 0.25) is 17.7 Å². The number of hydrogen-bond donors (Lipinski definition) is 3. The molecule has 1 aliphatic heterocycles. The summed E-state index contributed by atoms with van der Waals surface area (Å²) in [6.45, 7) is 1.82. The van der Waals surface area contributed by atoms with Crippen molar-refractivity contribution in [2.45, 2.75) is 38.6 Å². The summed E-state index contributed by atoms with van der Waals surface area (Å²) < 4.78 is 0. The summed E-state index contributed by atoms with van der Waals surface area (Å²) >= 11 is 0. The third-order valence-corrected chi connectivity index (χ3v) is 3.65. The van der Waals surface area contributed by atoms with Crippen molar-refractivity contribution in [3.63, 3.8) is 0 Å². The molecule has 0 saturated heterocycles. The fourth-order valence-corrected chi connectivity index (χ4v) is 2.34. The minimum absolute atomic E-state index is 0.0475. The van der Waals surface area contributed by atoms with Gasteiger partial charge in [0.25, 0.3) is 11.8 Å². The van der Waals surface area contributed by atoms with Crippen molar-refractivity contribution in [3.8, 4) is 0 Å². The number of amides is 5. The van der Waals surface area contributed by atoms with Crippen molar-refractivity contribution in [2.24, 2.45) is 0 Å². The summed E-state index contributed by atoms with van der Waals surface area (Å²) in [6, 6.07) is -0.585. The molecule has 138 valence electrons. The molecule has 3 N–H and O–H groups in total. The lowest BCUT2D eigenvalue weighted by atomic mass is 10.1. The van der Waals surface area contributed by atoms with Crippen LogP contribution in [0.3, 0.4) is 0 Å². The van der Waals surface area contributed by atoms with Gasteiger partial charge < -0.3 is 16.0 Å². The molecular weight excluding hydrogens is 328 g/mol. The van der Waals surface area contributed by atoms with E-state index in [1.807, 2.05) is 0 Å². The third kappa shape index (κ3) is 7.15. The predicted molar refractivity (Wildman–Crippen MR) is 89.0 cm³/mol. The van der Waals surface area contributed by atoms with Crippen LogP contribution in [0, 0.1) is 0 Å². The van der Waals surface area contributed by atoms with Crippen LogP contribution >= 0.6 is 0 Å². The molecule has 0 aromatic rings. The maximum Gasteiger partial charge on any atom is 0.253 e. The summed E-state index contributed by atoms with van der Waals surface area (Å²) in [5.41, 5.74) is 0. The first-order valence-corrected chi connectivity index (χ1v) is 8.14. The molecule has 0 aliphatic carbocycles. The Morgan fingerprint density at radius 3 is 2.32 bits per heavy atom. The Morgan fingerprint density at radius 2 is 1.76 bits per heavy atom. The van der Waals surface area contributed by atoms with Gasteiger partial charge in [0.05, 0.1) is 0 Å². The van der Waals surface area contributed by atoms with Gasteiger partial charge in [0, 0.05) is 45.6 Å². The minimum Gasteiger partial charge on any atom is -0.357 e. The monoisotopic (exact) mass is 352 g/mol. The molecule has 1 rings (SSSR count). The molecule has 9 heteroatoms. The van der Waals surface area contributed by atoms with Crippen LogP contribution in [-0.2, 0) is 24.0 Å². The topological polar surface area (TPSA) is 125 Å². The summed E-state index contributed by atoms with van der Waals surface area (Å²) in [5.74, 6) is -1.60. The summed E-state index contributed by atoms with van der Waals surface area (Å²) in [6.07, 6.45) is 4.16. The van der Waals surface area contributed by atoms with E-state index >= 15 is 0 Å². The van der Waals surface area contributed by atoms with Crippen LogP contribution in [-0.4, -0.2) is 60.6 Å². The Morgan fingerprint density at radius 1 is 1.12 bits per heavy atom. The Balaban J connectivity index is 2.18. The van der Waals surface area contributed by atoms with Gasteiger partial charge in [-0.05, 0) is 19.3 Å². The number of nitrogens with one attached hydrogen (secondary N) is 3. The summed E-state index contributed by atoms with van der Waals surface area (Å²) in [5, 5.41) is 7.77. The van der Waals surface area contributed by atoms with Gasteiger partial charge in [-0.25, -0.2) is 0 Å². The van der Waals surface area contributed by atoms with Crippen LogP contribution in [0.4, 0.5) is 0 Å². The number of hydrogen-bond acceptors (Lipinski definition) is 5. The second-order valence-corrected chi connectivity index (χ2v) is 5.62. The average Bonchev–Trinajstić information content (AvgIpc) is 2.88. The van der Waals surface area contributed by atoms with Crippen molar-refractivity contribution < 1.29 is 24.0 Å². The quantitative estimate of drug-likeness (QED) is 0.338. The number of carbonyl (C=O) groups excluding carboxylic acids is 5. The highest BCUT2D eigenvalue weighted by atomic mass is 16.2. The number of unbranched alkanes of at least 4 members (excludes halogenated alkanes) is 1. The Hall–Kier alpha value is -2.71. The number of nitrogens with zero attached hydrogens (tertiary/aromatic N) is 1. The molecule has 0 bridgehead atoms. The van der Waals surface area contributed by atoms with E-state index < -0.39 is 17.9 Å². The molecule has 0 saturated carbocycles. The molecular formula is C16H24N4O5. The molecule has 0 spiro atoms. The van der Waals surface area contributed by atoms with Gasteiger partial charge in [0.1, 0.15) is 6.04 Å². The maximum atomic E-state index is 11.7. The van der Waals surface area contributed by atoms with Crippen molar-refractivity contribution >= 4 is 29.5 Å². The first-order chi connectivity index (χ1) is 11.8. The Bertz CT molecular complexity index is 555. The largest absolute Gasteiger partial charge is 0.357 e. The highest BCUT2D eigenvalue weighted by molar-refractivity contribution is 6.13. The van der Waals surface area contributed by atoms with E-state index in [1.54, 1.807) is 0 Å². The molecule has 0 fully saturated rings. The van der Waals surface area contributed by atoms with Crippen LogP contribution in [0.2, 0.25) is 0 Å². The number of imide groups is 1. The number of likely N-dealkylation sites (N-methyl/N-ethyl adjacent to an activating group) is 1. The van der Waals surface area contributed by atoms with Crippen LogP contribution < -0.4 is 16.0 Å². The van der Waals surface area contributed by atoms with Gasteiger partial charge in [0.15, 0.2) is 0 Å². The molecule has 5 amide bonds. The lowest BCUT2D eigenvalue weighted by Gasteiger charge is -2.16.